The molecule has 280 valence electrons. The molecule has 0 saturated heterocycles. The minimum Gasteiger partial charge on any atom is -0.399 e. The number of anilines is 1. The zero-order valence-corrected chi connectivity index (χ0v) is 33.4. The van der Waals surface area contributed by atoms with Crippen molar-refractivity contribution in [2.45, 2.75) is 33.5 Å². The SMILES string of the molecule is Nc1ccc2c(c1)C1(c3ccccc3Sc3ccc(-c4c5ccccc5c(-c5cc(-c6ccccc6)cc(C6C=CC=CC6)c5)c5ccccc45)cc31)C1C=CC=CC21. The van der Waals surface area contributed by atoms with Crippen molar-refractivity contribution >= 4 is 39.0 Å². The normalized spacial score (nSPS) is 20.8. The summed E-state index contributed by atoms with van der Waals surface area (Å²) in [4.78, 5) is 2.63. The van der Waals surface area contributed by atoms with E-state index >= 15 is 0 Å². The van der Waals surface area contributed by atoms with Gasteiger partial charge in [0.05, 0.1) is 5.41 Å². The molecule has 0 bridgehead atoms. The van der Waals surface area contributed by atoms with Crippen molar-refractivity contribution in [3.8, 4) is 33.4 Å². The molecule has 1 nitrogen and oxygen atoms in total. The molecule has 4 aliphatic rings. The van der Waals surface area contributed by atoms with Gasteiger partial charge in [-0.1, -0.05) is 182 Å². The quantitative estimate of drug-likeness (QED) is 0.142. The van der Waals surface area contributed by atoms with Gasteiger partial charge in [0.2, 0.25) is 0 Å². The first-order chi connectivity index (χ1) is 29.2. The molecule has 8 aromatic carbocycles. The predicted octanol–water partition coefficient (Wildman–Crippen LogP) is 14.8. The van der Waals surface area contributed by atoms with Crippen LogP contribution in [0.5, 0.6) is 0 Å². The molecule has 1 aliphatic heterocycles. The average Bonchev–Trinajstić information content (AvgIpc) is 3.58. The van der Waals surface area contributed by atoms with Crippen LogP contribution in [0.2, 0.25) is 0 Å². The number of rotatable bonds is 4. The zero-order valence-electron chi connectivity index (χ0n) is 32.6. The summed E-state index contributed by atoms with van der Waals surface area (Å²) < 4.78 is 0. The number of fused-ring (bicyclic) bond motifs is 11. The van der Waals surface area contributed by atoms with Crippen molar-refractivity contribution in [3.63, 3.8) is 0 Å². The second-order valence-corrected chi connectivity index (χ2v) is 17.6. The highest BCUT2D eigenvalue weighted by atomic mass is 32.2. The molecule has 1 heterocycles. The highest BCUT2D eigenvalue weighted by Crippen LogP contribution is 2.65. The Morgan fingerprint density at radius 1 is 0.475 bits per heavy atom. The summed E-state index contributed by atoms with van der Waals surface area (Å²) in [5.74, 6) is 0.813. The van der Waals surface area contributed by atoms with Crippen LogP contribution in [0.25, 0.3) is 54.9 Å². The topological polar surface area (TPSA) is 26.0 Å². The Morgan fingerprint density at radius 2 is 1.14 bits per heavy atom. The van der Waals surface area contributed by atoms with Crippen LogP contribution in [0.3, 0.4) is 0 Å². The Kier molecular flexibility index (Phi) is 7.87. The third-order valence-electron chi connectivity index (χ3n) is 13.4. The summed E-state index contributed by atoms with van der Waals surface area (Å²) >= 11 is 1.90. The molecule has 0 saturated carbocycles. The molecule has 0 aromatic heterocycles. The van der Waals surface area contributed by atoms with Crippen molar-refractivity contribution < 1.29 is 0 Å². The highest BCUT2D eigenvalue weighted by molar-refractivity contribution is 7.99. The van der Waals surface area contributed by atoms with Gasteiger partial charge in [-0.25, -0.2) is 0 Å². The predicted molar refractivity (Wildman–Crippen MR) is 249 cm³/mol. The summed E-state index contributed by atoms with van der Waals surface area (Å²) in [6.07, 6.45) is 19.4. The molecule has 0 amide bonds. The second kappa shape index (κ2) is 13.5. The number of nitrogens with two attached hydrogens (primary N) is 1. The van der Waals surface area contributed by atoms with E-state index in [0.29, 0.717) is 5.92 Å². The van der Waals surface area contributed by atoms with E-state index in [0.717, 1.165) is 12.1 Å². The molecule has 2 heteroatoms. The van der Waals surface area contributed by atoms with Gasteiger partial charge in [0.15, 0.2) is 0 Å². The molecule has 3 aliphatic carbocycles. The zero-order chi connectivity index (χ0) is 39.1. The van der Waals surface area contributed by atoms with E-state index in [4.69, 9.17) is 5.73 Å². The lowest BCUT2D eigenvalue weighted by Crippen LogP contribution is -2.37. The Morgan fingerprint density at radius 3 is 1.90 bits per heavy atom. The minimum absolute atomic E-state index is 0.219. The maximum Gasteiger partial charge on any atom is 0.0548 e. The van der Waals surface area contributed by atoms with Crippen molar-refractivity contribution in [1.29, 1.82) is 0 Å². The first kappa shape index (κ1) is 34.4. The van der Waals surface area contributed by atoms with Crippen LogP contribution >= 0.6 is 11.8 Å². The van der Waals surface area contributed by atoms with Crippen LogP contribution in [0.15, 0.2) is 216 Å². The van der Waals surface area contributed by atoms with Crippen LogP contribution in [-0.2, 0) is 5.41 Å². The monoisotopic (exact) mass is 771 g/mol. The van der Waals surface area contributed by atoms with Crippen molar-refractivity contribution in [2.75, 3.05) is 5.73 Å². The molecule has 1 spiro atoms. The number of benzene rings is 8. The third-order valence-corrected chi connectivity index (χ3v) is 14.6. The van der Waals surface area contributed by atoms with E-state index in [2.05, 4.69) is 206 Å². The Labute approximate surface area is 350 Å². The summed E-state index contributed by atoms with van der Waals surface area (Å²) in [6, 6.07) is 59.4. The summed E-state index contributed by atoms with van der Waals surface area (Å²) in [5, 5.41) is 5.06. The molecule has 12 rings (SSSR count). The Hall–Kier alpha value is -6.61. The first-order valence-electron chi connectivity index (χ1n) is 20.8. The van der Waals surface area contributed by atoms with Gasteiger partial charge in [-0.15, -0.1) is 0 Å². The number of hydrogen-bond acceptors (Lipinski definition) is 2. The molecule has 8 aromatic rings. The van der Waals surface area contributed by atoms with Gasteiger partial charge < -0.3 is 5.73 Å². The van der Waals surface area contributed by atoms with Crippen LogP contribution in [0.4, 0.5) is 5.69 Å². The van der Waals surface area contributed by atoms with Crippen LogP contribution in [0.1, 0.15) is 46.1 Å². The molecule has 4 unspecified atom stereocenters. The molecule has 59 heavy (non-hydrogen) atoms. The van der Waals surface area contributed by atoms with Crippen molar-refractivity contribution in [3.05, 3.63) is 234 Å². The van der Waals surface area contributed by atoms with E-state index in [9.17, 15) is 0 Å². The standard InChI is InChI=1S/C57H41NS/c58-42-28-29-44-43-19-11-12-24-49(43)57(51(44)35-42)50-25-13-14-26-53(50)59-54-30-27-38(34-52(54)57)55-45-20-7-9-22-47(45)56(48-23-10-8-21-46(48)55)41-32-39(36-15-3-1-4-16-36)31-40(33-41)37-17-5-2-6-18-37/h1-17,19-35,37,43,49H,18,58H2. The summed E-state index contributed by atoms with van der Waals surface area (Å²) in [6.45, 7) is 0. The Bertz CT molecular complexity index is 3090. The molecular formula is C57H41NS. The summed E-state index contributed by atoms with van der Waals surface area (Å²) in [5.41, 5.74) is 21.5. The number of allylic oxidation sites excluding steroid dienone is 8. The largest absolute Gasteiger partial charge is 0.399 e. The minimum atomic E-state index is -0.396. The van der Waals surface area contributed by atoms with Gasteiger partial charge in [0.25, 0.3) is 0 Å². The van der Waals surface area contributed by atoms with Gasteiger partial charge >= 0.3 is 0 Å². The number of nitrogen functional groups attached to an aromatic ring is 1. The van der Waals surface area contributed by atoms with Crippen LogP contribution in [0, 0.1) is 5.92 Å². The summed E-state index contributed by atoms with van der Waals surface area (Å²) in [7, 11) is 0. The smallest absolute Gasteiger partial charge is 0.0548 e. The maximum atomic E-state index is 6.70. The van der Waals surface area contributed by atoms with Crippen LogP contribution < -0.4 is 5.73 Å². The van der Waals surface area contributed by atoms with Gasteiger partial charge in [-0.3, -0.25) is 0 Å². The van der Waals surface area contributed by atoms with Crippen LogP contribution in [-0.4, -0.2) is 0 Å². The molecule has 4 atom stereocenters. The maximum absolute atomic E-state index is 6.70. The van der Waals surface area contributed by atoms with Gasteiger partial charge in [-0.05, 0) is 126 Å². The average molecular weight is 772 g/mol. The van der Waals surface area contributed by atoms with Crippen molar-refractivity contribution in [2.24, 2.45) is 5.92 Å². The second-order valence-electron chi connectivity index (χ2n) is 16.5. The molecule has 0 fully saturated rings. The molecular weight excluding hydrogens is 731 g/mol. The van der Waals surface area contributed by atoms with Gasteiger partial charge in [-0.2, -0.15) is 0 Å². The fourth-order valence-corrected chi connectivity index (χ4v) is 12.2. The fourth-order valence-electron chi connectivity index (χ4n) is 11.0. The lowest BCUT2D eigenvalue weighted by molar-refractivity contribution is 0.442. The first-order valence-corrected chi connectivity index (χ1v) is 21.6. The fraction of sp³-hybridized carbons (Fsp3) is 0.0877. The highest BCUT2D eigenvalue weighted by Gasteiger charge is 2.56. The third kappa shape index (κ3) is 5.19. The van der Waals surface area contributed by atoms with E-state index < -0.39 is 5.41 Å². The van der Waals surface area contributed by atoms with Gasteiger partial charge in [0, 0.05) is 33.2 Å². The van der Waals surface area contributed by atoms with E-state index in [1.165, 1.54) is 92.5 Å². The van der Waals surface area contributed by atoms with E-state index in [-0.39, 0.29) is 11.8 Å². The van der Waals surface area contributed by atoms with E-state index in [1.807, 2.05) is 11.8 Å². The number of hydrogen-bond donors (Lipinski definition) is 1. The molecule has 0 radical (unpaired) electrons. The lowest BCUT2D eigenvalue weighted by atomic mass is 9.62. The molecule has 2 N–H and O–H groups in total. The van der Waals surface area contributed by atoms with Gasteiger partial charge in [0.1, 0.15) is 0 Å². The van der Waals surface area contributed by atoms with Crippen molar-refractivity contribution in [1.82, 2.24) is 0 Å². The lowest BCUT2D eigenvalue weighted by Gasteiger charge is -2.43. The Balaban J connectivity index is 1.13. The van der Waals surface area contributed by atoms with E-state index in [1.54, 1.807) is 0 Å².